The fourth-order valence-corrected chi connectivity index (χ4v) is 1.69. The van der Waals surface area contributed by atoms with Gasteiger partial charge < -0.3 is 10.6 Å². The van der Waals surface area contributed by atoms with Crippen molar-refractivity contribution >= 4 is 11.6 Å². The average molecular weight is 246 g/mol. The third-order valence-corrected chi connectivity index (χ3v) is 2.69. The van der Waals surface area contributed by atoms with E-state index in [0.29, 0.717) is 29.9 Å². The fourth-order valence-electron chi connectivity index (χ4n) is 1.69. The summed E-state index contributed by atoms with van der Waals surface area (Å²) in [6.45, 7) is 6.03. The van der Waals surface area contributed by atoms with Crippen molar-refractivity contribution in [3.05, 3.63) is 23.5 Å². The number of aryl methyl sites for hydroxylation is 1. The van der Waals surface area contributed by atoms with Crippen molar-refractivity contribution < 1.29 is 4.79 Å². The number of anilines is 1. The van der Waals surface area contributed by atoms with Gasteiger partial charge in [-0.05, 0) is 26.8 Å². The molecular weight excluding hydrogens is 228 g/mol. The third kappa shape index (κ3) is 3.20. The van der Waals surface area contributed by atoms with Crippen LogP contribution in [0.25, 0.3) is 0 Å². The van der Waals surface area contributed by atoms with Crippen LogP contribution < -0.4 is 5.73 Å². The maximum absolute atomic E-state index is 12.4. The van der Waals surface area contributed by atoms with Gasteiger partial charge >= 0.3 is 0 Å². The number of pyridine rings is 1. The second-order valence-electron chi connectivity index (χ2n) is 4.40. The minimum Gasteiger partial charge on any atom is -0.397 e. The second-order valence-corrected chi connectivity index (χ2v) is 4.40. The molecule has 18 heavy (non-hydrogen) atoms. The number of rotatable bonds is 4. The standard InChI is InChI=1S/C13H18N4O/c1-9(2)17(6-4-5-14)13(18)12-7-11(15)8-16-10(12)3/h7-9H,4,6,15H2,1-3H3. The summed E-state index contributed by atoms with van der Waals surface area (Å²) >= 11 is 0. The van der Waals surface area contributed by atoms with Crippen molar-refractivity contribution in [3.8, 4) is 6.07 Å². The van der Waals surface area contributed by atoms with Gasteiger partial charge in [0, 0.05) is 12.6 Å². The van der Waals surface area contributed by atoms with Crippen molar-refractivity contribution in [2.45, 2.75) is 33.2 Å². The summed E-state index contributed by atoms with van der Waals surface area (Å²) in [5.74, 6) is -0.127. The Kier molecular flexibility index (Phi) is 4.67. The van der Waals surface area contributed by atoms with Gasteiger partial charge in [-0.2, -0.15) is 5.26 Å². The maximum Gasteiger partial charge on any atom is 0.256 e. The SMILES string of the molecule is Cc1ncc(N)cc1C(=O)N(CCC#N)C(C)C. The van der Waals surface area contributed by atoms with E-state index in [1.54, 1.807) is 17.9 Å². The molecule has 1 amide bonds. The van der Waals surface area contributed by atoms with Gasteiger partial charge in [0.2, 0.25) is 0 Å². The quantitative estimate of drug-likeness (QED) is 0.877. The lowest BCUT2D eigenvalue weighted by Gasteiger charge is -2.26. The number of hydrogen-bond donors (Lipinski definition) is 1. The van der Waals surface area contributed by atoms with E-state index in [2.05, 4.69) is 11.1 Å². The Morgan fingerprint density at radius 2 is 2.28 bits per heavy atom. The highest BCUT2D eigenvalue weighted by Gasteiger charge is 2.20. The first-order valence-electron chi connectivity index (χ1n) is 5.87. The molecule has 0 radical (unpaired) electrons. The minimum atomic E-state index is -0.127. The summed E-state index contributed by atoms with van der Waals surface area (Å²) in [7, 11) is 0. The van der Waals surface area contributed by atoms with Gasteiger partial charge in [-0.3, -0.25) is 9.78 Å². The first-order chi connectivity index (χ1) is 8.47. The van der Waals surface area contributed by atoms with Gasteiger partial charge in [0.1, 0.15) is 0 Å². The van der Waals surface area contributed by atoms with E-state index in [1.807, 2.05) is 13.8 Å². The van der Waals surface area contributed by atoms with Crippen LogP contribution in [0.5, 0.6) is 0 Å². The van der Waals surface area contributed by atoms with Crippen molar-refractivity contribution in [2.75, 3.05) is 12.3 Å². The van der Waals surface area contributed by atoms with Crippen LogP contribution in [0.3, 0.4) is 0 Å². The van der Waals surface area contributed by atoms with Crippen LogP contribution in [-0.4, -0.2) is 28.4 Å². The molecule has 0 aliphatic rings. The molecule has 1 heterocycles. The fraction of sp³-hybridized carbons (Fsp3) is 0.462. The number of nitrogen functional groups attached to an aromatic ring is 1. The van der Waals surface area contributed by atoms with E-state index in [1.165, 1.54) is 6.20 Å². The molecule has 0 bridgehead atoms. The molecule has 0 unspecified atom stereocenters. The first kappa shape index (κ1) is 14.0. The van der Waals surface area contributed by atoms with Gasteiger partial charge in [0.25, 0.3) is 5.91 Å². The molecular formula is C13H18N4O. The lowest BCUT2D eigenvalue weighted by Crippen LogP contribution is -2.38. The first-order valence-corrected chi connectivity index (χ1v) is 5.87. The monoisotopic (exact) mass is 246 g/mol. The van der Waals surface area contributed by atoms with Crippen LogP contribution in [-0.2, 0) is 0 Å². The predicted molar refractivity (Wildman–Crippen MR) is 69.8 cm³/mol. The lowest BCUT2D eigenvalue weighted by atomic mass is 10.1. The highest BCUT2D eigenvalue weighted by Crippen LogP contribution is 2.14. The van der Waals surface area contributed by atoms with Crippen LogP contribution >= 0.6 is 0 Å². The number of carbonyl (C=O) groups is 1. The minimum absolute atomic E-state index is 0.0340. The number of nitrogens with two attached hydrogens (primary N) is 1. The smallest absolute Gasteiger partial charge is 0.256 e. The number of amides is 1. The number of nitrogens with zero attached hydrogens (tertiary/aromatic N) is 3. The Morgan fingerprint density at radius 3 is 2.83 bits per heavy atom. The van der Waals surface area contributed by atoms with Crippen molar-refractivity contribution in [2.24, 2.45) is 0 Å². The second kappa shape index (κ2) is 6.01. The molecule has 1 aromatic heterocycles. The summed E-state index contributed by atoms with van der Waals surface area (Å²) in [4.78, 5) is 18.1. The zero-order chi connectivity index (χ0) is 13.7. The van der Waals surface area contributed by atoms with Crippen molar-refractivity contribution in [1.82, 2.24) is 9.88 Å². The van der Waals surface area contributed by atoms with Gasteiger partial charge in [0.05, 0.1) is 35.6 Å². The lowest BCUT2D eigenvalue weighted by molar-refractivity contribution is 0.0709. The molecule has 0 aliphatic heterocycles. The zero-order valence-corrected chi connectivity index (χ0v) is 11.0. The number of carbonyl (C=O) groups excluding carboxylic acids is 1. The average Bonchev–Trinajstić information content (AvgIpc) is 2.32. The largest absolute Gasteiger partial charge is 0.397 e. The molecule has 0 aliphatic carbocycles. The Balaban J connectivity index is 3.02. The van der Waals surface area contributed by atoms with Gasteiger partial charge in [0.15, 0.2) is 0 Å². The topological polar surface area (TPSA) is 83.0 Å². The molecule has 5 heteroatoms. The molecule has 2 N–H and O–H groups in total. The van der Waals surface area contributed by atoms with Gasteiger partial charge in [-0.1, -0.05) is 0 Å². The van der Waals surface area contributed by atoms with Crippen molar-refractivity contribution in [1.29, 1.82) is 5.26 Å². The zero-order valence-electron chi connectivity index (χ0n) is 11.0. The van der Waals surface area contributed by atoms with E-state index < -0.39 is 0 Å². The molecule has 1 aromatic rings. The molecule has 0 atom stereocenters. The normalized spacial score (nSPS) is 10.2. The molecule has 0 aromatic carbocycles. The highest BCUT2D eigenvalue weighted by molar-refractivity contribution is 5.96. The summed E-state index contributed by atoms with van der Waals surface area (Å²) < 4.78 is 0. The van der Waals surface area contributed by atoms with Crippen LogP contribution in [0.2, 0.25) is 0 Å². The van der Waals surface area contributed by atoms with E-state index >= 15 is 0 Å². The molecule has 5 nitrogen and oxygen atoms in total. The van der Waals surface area contributed by atoms with E-state index in [9.17, 15) is 4.79 Å². The Labute approximate surface area is 107 Å². The molecule has 1 rings (SSSR count). The van der Waals surface area contributed by atoms with Crippen LogP contribution in [0.15, 0.2) is 12.3 Å². The summed E-state index contributed by atoms with van der Waals surface area (Å²) in [6.07, 6.45) is 1.85. The molecule has 0 spiro atoms. The van der Waals surface area contributed by atoms with E-state index in [0.717, 1.165) is 0 Å². The predicted octanol–water partition coefficient (Wildman–Crippen LogP) is 1.74. The highest BCUT2D eigenvalue weighted by atomic mass is 16.2. The summed E-state index contributed by atoms with van der Waals surface area (Å²) in [5, 5.41) is 8.63. The maximum atomic E-state index is 12.4. The Bertz CT molecular complexity index is 476. The molecule has 96 valence electrons. The van der Waals surface area contributed by atoms with Crippen molar-refractivity contribution in [3.63, 3.8) is 0 Å². The Morgan fingerprint density at radius 1 is 1.61 bits per heavy atom. The summed E-state index contributed by atoms with van der Waals surface area (Å²) in [5.41, 5.74) is 7.27. The number of hydrogen-bond acceptors (Lipinski definition) is 4. The molecule has 0 saturated carbocycles. The summed E-state index contributed by atoms with van der Waals surface area (Å²) in [6, 6.07) is 3.72. The molecule has 0 saturated heterocycles. The van der Waals surface area contributed by atoms with E-state index in [4.69, 9.17) is 11.0 Å². The van der Waals surface area contributed by atoms with Crippen LogP contribution in [0.1, 0.15) is 36.3 Å². The van der Waals surface area contributed by atoms with Crippen LogP contribution in [0, 0.1) is 18.3 Å². The number of aromatic nitrogens is 1. The van der Waals surface area contributed by atoms with E-state index in [-0.39, 0.29) is 11.9 Å². The van der Waals surface area contributed by atoms with Crippen LogP contribution in [0.4, 0.5) is 5.69 Å². The Hall–Kier alpha value is -2.09. The number of nitriles is 1. The van der Waals surface area contributed by atoms with Gasteiger partial charge in [-0.25, -0.2) is 0 Å². The van der Waals surface area contributed by atoms with Gasteiger partial charge in [-0.15, -0.1) is 0 Å². The third-order valence-electron chi connectivity index (χ3n) is 2.69. The molecule has 0 fully saturated rings.